The third-order valence-electron chi connectivity index (χ3n) is 3.43. The molecular formula is C13H25F3N2. The fraction of sp³-hybridized carbons (Fsp3) is 1.00. The lowest BCUT2D eigenvalue weighted by atomic mass is 9.96. The predicted molar refractivity (Wildman–Crippen MR) is 67.5 cm³/mol. The summed E-state index contributed by atoms with van der Waals surface area (Å²) in [5, 5.41) is 3.35. The molecule has 0 aromatic rings. The number of halogens is 3. The molecule has 1 aliphatic heterocycles. The van der Waals surface area contributed by atoms with E-state index in [1.165, 1.54) is 0 Å². The largest absolute Gasteiger partial charge is 0.391 e. The van der Waals surface area contributed by atoms with E-state index in [2.05, 4.69) is 24.1 Å². The minimum absolute atomic E-state index is 0.267. The third kappa shape index (κ3) is 6.05. The van der Waals surface area contributed by atoms with Crippen LogP contribution in [0.25, 0.3) is 0 Å². The van der Waals surface area contributed by atoms with Crippen LogP contribution in [-0.4, -0.2) is 43.8 Å². The molecule has 108 valence electrons. The molecule has 0 amide bonds. The lowest BCUT2D eigenvalue weighted by molar-refractivity contribution is -0.185. The van der Waals surface area contributed by atoms with Gasteiger partial charge in [-0.05, 0) is 57.9 Å². The van der Waals surface area contributed by atoms with E-state index in [9.17, 15) is 13.2 Å². The van der Waals surface area contributed by atoms with Gasteiger partial charge in [-0.2, -0.15) is 13.2 Å². The maximum Gasteiger partial charge on any atom is 0.391 e. The van der Waals surface area contributed by atoms with Crippen molar-refractivity contribution in [3.8, 4) is 0 Å². The van der Waals surface area contributed by atoms with Crippen molar-refractivity contribution < 1.29 is 13.2 Å². The van der Waals surface area contributed by atoms with Gasteiger partial charge >= 0.3 is 6.18 Å². The average Bonchev–Trinajstić information content (AvgIpc) is 2.27. The van der Waals surface area contributed by atoms with E-state index in [0.29, 0.717) is 19.0 Å². The Morgan fingerprint density at radius 2 is 1.83 bits per heavy atom. The molecule has 1 N–H and O–H groups in total. The summed E-state index contributed by atoms with van der Waals surface area (Å²) in [5.74, 6) is -0.430. The highest BCUT2D eigenvalue weighted by atomic mass is 19.4. The number of alkyl halides is 3. The predicted octanol–water partition coefficient (Wildman–Crippen LogP) is 2.90. The molecule has 1 aliphatic rings. The van der Waals surface area contributed by atoms with Crippen molar-refractivity contribution in [3.05, 3.63) is 0 Å². The van der Waals surface area contributed by atoms with Crippen molar-refractivity contribution in [2.75, 3.05) is 32.7 Å². The summed E-state index contributed by atoms with van der Waals surface area (Å²) in [5.41, 5.74) is 0. The Morgan fingerprint density at radius 3 is 2.33 bits per heavy atom. The number of likely N-dealkylation sites (tertiary alicyclic amines) is 1. The summed E-state index contributed by atoms with van der Waals surface area (Å²) in [7, 11) is 0. The van der Waals surface area contributed by atoms with E-state index < -0.39 is 12.1 Å². The molecule has 0 saturated carbocycles. The summed E-state index contributed by atoms with van der Waals surface area (Å²) >= 11 is 0. The molecule has 1 rings (SSSR count). The molecule has 0 aromatic heterocycles. The average molecular weight is 266 g/mol. The number of nitrogens with one attached hydrogen (secondary N) is 1. The maximum absolute atomic E-state index is 12.5. The van der Waals surface area contributed by atoms with Gasteiger partial charge in [-0.3, -0.25) is 0 Å². The second-order valence-corrected chi connectivity index (χ2v) is 5.61. The summed E-state index contributed by atoms with van der Waals surface area (Å²) in [4.78, 5) is 2.15. The number of nitrogens with zero attached hydrogens (tertiary/aromatic N) is 1. The van der Waals surface area contributed by atoms with Gasteiger partial charge in [-0.1, -0.05) is 13.8 Å². The van der Waals surface area contributed by atoms with Crippen LogP contribution in [0, 0.1) is 11.8 Å². The zero-order valence-electron chi connectivity index (χ0n) is 11.4. The van der Waals surface area contributed by atoms with Crippen molar-refractivity contribution in [2.45, 2.75) is 39.3 Å². The zero-order valence-corrected chi connectivity index (χ0v) is 11.4. The Morgan fingerprint density at radius 1 is 1.22 bits per heavy atom. The van der Waals surface area contributed by atoms with Crippen molar-refractivity contribution in [1.82, 2.24) is 10.2 Å². The summed E-state index contributed by atoms with van der Waals surface area (Å²) in [6, 6.07) is 0. The highest BCUT2D eigenvalue weighted by Gasteiger charge is 2.40. The Bertz CT molecular complexity index is 221. The van der Waals surface area contributed by atoms with Gasteiger partial charge in [0, 0.05) is 0 Å². The van der Waals surface area contributed by atoms with Crippen LogP contribution in [0.5, 0.6) is 0 Å². The van der Waals surface area contributed by atoms with Gasteiger partial charge in [0.1, 0.15) is 0 Å². The van der Waals surface area contributed by atoms with Crippen molar-refractivity contribution in [3.63, 3.8) is 0 Å². The van der Waals surface area contributed by atoms with Gasteiger partial charge in [-0.15, -0.1) is 0 Å². The Kier molecular flexibility index (Phi) is 6.43. The fourth-order valence-corrected chi connectivity index (χ4v) is 2.30. The molecule has 1 heterocycles. The SMILES string of the molecule is CC(C)CNCCCN1CCC(C(F)(F)F)CC1. The molecule has 1 fully saturated rings. The van der Waals surface area contributed by atoms with Crippen LogP contribution in [0.1, 0.15) is 33.1 Å². The minimum atomic E-state index is -4.00. The number of piperidine rings is 1. The lowest BCUT2D eigenvalue weighted by Crippen LogP contribution is -2.40. The molecule has 0 bridgehead atoms. The molecule has 2 nitrogen and oxygen atoms in total. The van der Waals surface area contributed by atoms with Crippen LogP contribution in [0.4, 0.5) is 13.2 Å². The summed E-state index contributed by atoms with van der Waals surface area (Å²) in [6.07, 6.45) is -2.44. The first-order valence-electron chi connectivity index (χ1n) is 6.89. The first kappa shape index (κ1) is 15.8. The highest BCUT2D eigenvalue weighted by molar-refractivity contribution is 4.77. The number of hydrogen-bond donors (Lipinski definition) is 1. The number of hydrogen-bond acceptors (Lipinski definition) is 2. The highest BCUT2D eigenvalue weighted by Crippen LogP contribution is 2.33. The normalized spacial score (nSPS) is 19.7. The quantitative estimate of drug-likeness (QED) is 0.744. The molecule has 0 radical (unpaired) electrons. The van der Waals surface area contributed by atoms with Crippen molar-refractivity contribution in [2.24, 2.45) is 11.8 Å². The molecule has 0 aliphatic carbocycles. The molecule has 0 aromatic carbocycles. The van der Waals surface area contributed by atoms with Crippen LogP contribution in [0.2, 0.25) is 0 Å². The van der Waals surface area contributed by atoms with Gasteiger partial charge in [0.25, 0.3) is 0 Å². The van der Waals surface area contributed by atoms with Gasteiger partial charge < -0.3 is 10.2 Å². The molecule has 0 unspecified atom stereocenters. The third-order valence-corrected chi connectivity index (χ3v) is 3.43. The van der Waals surface area contributed by atoms with Crippen LogP contribution < -0.4 is 5.32 Å². The first-order chi connectivity index (χ1) is 8.39. The van der Waals surface area contributed by atoms with Crippen molar-refractivity contribution in [1.29, 1.82) is 0 Å². The van der Waals surface area contributed by atoms with E-state index in [0.717, 1.165) is 26.1 Å². The monoisotopic (exact) mass is 266 g/mol. The molecular weight excluding hydrogens is 241 g/mol. The molecule has 1 saturated heterocycles. The lowest BCUT2D eigenvalue weighted by Gasteiger charge is -2.32. The maximum atomic E-state index is 12.5. The zero-order chi connectivity index (χ0) is 13.6. The second-order valence-electron chi connectivity index (χ2n) is 5.61. The van der Waals surface area contributed by atoms with Gasteiger partial charge in [0.15, 0.2) is 0 Å². The summed E-state index contributed by atoms with van der Waals surface area (Å²) in [6.45, 7) is 8.38. The van der Waals surface area contributed by atoms with Crippen molar-refractivity contribution >= 4 is 0 Å². The standard InChI is InChI=1S/C13H25F3N2/c1-11(2)10-17-6-3-7-18-8-4-12(5-9-18)13(14,15)16/h11-12,17H,3-10H2,1-2H3. The molecule has 18 heavy (non-hydrogen) atoms. The Labute approximate surface area is 108 Å². The van der Waals surface area contributed by atoms with Crippen LogP contribution in [0.15, 0.2) is 0 Å². The van der Waals surface area contributed by atoms with Crippen LogP contribution in [0.3, 0.4) is 0 Å². The van der Waals surface area contributed by atoms with E-state index >= 15 is 0 Å². The van der Waals surface area contributed by atoms with Gasteiger partial charge in [-0.25, -0.2) is 0 Å². The Hall–Kier alpha value is -0.290. The second kappa shape index (κ2) is 7.34. The molecule has 0 spiro atoms. The smallest absolute Gasteiger partial charge is 0.316 e. The number of rotatable bonds is 6. The fourth-order valence-electron chi connectivity index (χ4n) is 2.30. The van der Waals surface area contributed by atoms with E-state index in [1.54, 1.807) is 0 Å². The topological polar surface area (TPSA) is 15.3 Å². The minimum Gasteiger partial charge on any atom is -0.316 e. The summed E-state index contributed by atoms with van der Waals surface area (Å²) < 4.78 is 37.4. The van der Waals surface area contributed by atoms with E-state index in [4.69, 9.17) is 0 Å². The van der Waals surface area contributed by atoms with Gasteiger partial charge in [0.05, 0.1) is 5.92 Å². The van der Waals surface area contributed by atoms with Gasteiger partial charge in [0.2, 0.25) is 0 Å². The molecule has 0 atom stereocenters. The Balaban J connectivity index is 2.06. The van der Waals surface area contributed by atoms with E-state index in [-0.39, 0.29) is 12.8 Å². The van der Waals surface area contributed by atoms with Crippen LogP contribution in [-0.2, 0) is 0 Å². The molecule has 5 heteroatoms. The first-order valence-corrected chi connectivity index (χ1v) is 6.89. The van der Waals surface area contributed by atoms with E-state index in [1.807, 2.05) is 0 Å². The van der Waals surface area contributed by atoms with Crippen LogP contribution >= 0.6 is 0 Å².